The number of para-hydroxylation sites is 2. The maximum Gasteiger partial charge on any atom is 0.141 e. The number of fused-ring (bicyclic) bond motifs is 1. The fourth-order valence-electron chi connectivity index (χ4n) is 1.66. The van der Waals surface area contributed by atoms with Crippen LogP contribution in [-0.4, -0.2) is 15.8 Å². The number of ketones is 1. The summed E-state index contributed by atoms with van der Waals surface area (Å²) < 4.78 is 0. The first-order valence-corrected chi connectivity index (χ1v) is 5.83. The van der Waals surface area contributed by atoms with Gasteiger partial charge < -0.3 is 0 Å². The van der Waals surface area contributed by atoms with Crippen molar-refractivity contribution >= 4 is 16.8 Å². The Balaban J connectivity index is 2.41. The molecule has 0 spiro atoms. The number of nitrogens with zero attached hydrogens (tertiary/aromatic N) is 2. The van der Waals surface area contributed by atoms with Crippen LogP contribution >= 0.6 is 0 Å². The van der Waals surface area contributed by atoms with E-state index in [1.165, 1.54) is 0 Å². The molecule has 1 heterocycles. The van der Waals surface area contributed by atoms with Crippen molar-refractivity contribution in [1.29, 1.82) is 0 Å². The summed E-state index contributed by atoms with van der Waals surface area (Å²) >= 11 is 0. The molecule has 0 saturated heterocycles. The average molecular weight is 228 g/mol. The second kappa shape index (κ2) is 4.62. The van der Waals surface area contributed by atoms with E-state index in [1.54, 1.807) is 0 Å². The Morgan fingerprint density at radius 2 is 1.76 bits per heavy atom. The summed E-state index contributed by atoms with van der Waals surface area (Å²) in [6.07, 6.45) is 0.376. The Bertz CT molecular complexity index is 561. The van der Waals surface area contributed by atoms with Crippen molar-refractivity contribution < 1.29 is 4.79 Å². The van der Waals surface area contributed by atoms with Crippen molar-refractivity contribution in [1.82, 2.24) is 9.97 Å². The molecule has 0 fully saturated rings. The molecule has 0 atom stereocenters. The zero-order valence-electron chi connectivity index (χ0n) is 10.4. The Hall–Kier alpha value is -1.77. The van der Waals surface area contributed by atoms with Gasteiger partial charge in [-0.25, -0.2) is 9.97 Å². The van der Waals surface area contributed by atoms with E-state index >= 15 is 0 Å². The van der Waals surface area contributed by atoms with Crippen LogP contribution < -0.4 is 0 Å². The highest BCUT2D eigenvalue weighted by atomic mass is 16.1. The summed E-state index contributed by atoms with van der Waals surface area (Å²) in [5.41, 5.74) is 3.37. The van der Waals surface area contributed by atoms with Crippen molar-refractivity contribution in [3.8, 4) is 0 Å². The molecule has 88 valence electrons. The number of carbonyl (C=O) groups is 1. The third-order valence-corrected chi connectivity index (χ3v) is 2.83. The lowest BCUT2D eigenvalue weighted by Crippen LogP contribution is -2.13. The van der Waals surface area contributed by atoms with Crippen LogP contribution in [0.2, 0.25) is 0 Å². The molecule has 0 N–H and O–H groups in total. The minimum atomic E-state index is 0.0441. The number of rotatable bonds is 3. The number of aryl methyl sites for hydroxylation is 1. The van der Waals surface area contributed by atoms with E-state index in [0.717, 1.165) is 22.4 Å². The molecule has 1 aromatic carbocycles. The van der Waals surface area contributed by atoms with Crippen molar-refractivity contribution in [3.05, 3.63) is 35.7 Å². The van der Waals surface area contributed by atoms with Crippen LogP contribution in [0, 0.1) is 12.8 Å². The third-order valence-electron chi connectivity index (χ3n) is 2.83. The summed E-state index contributed by atoms with van der Waals surface area (Å²) in [6.45, 7) is 5.72. The fraction of sp³-hybridized carbons (Fsp3) is 0.357. The standard InChI is InChI=1S/C14H16N2O/c1-9(2)14(17)8-13-10(3)15-11-6-4-5-7-12(11)16-13/h4-7,9H,8H2,1-3H3. The molecule has 17 heavy (non-hydrogen) atoms. The van der Waals surface area contributed by atoms with Crippen molar-refractivity contribution in [2.75, 3.05) is 0 Å². The minimum absolute atomic E-state index is 0.0441. The first kappa shape index (κ1) is 11.7. The van der Waals surface area contributed by atoms with E-state index in [9.17, 15) is 4.79 Å². The Labute approximate surface area is 101 Å². The molecule has 0 radical (unpaired) electrons. The molecular weight excluding hydrogens is 212 g/mol. The summed E-state index contributed by atoms with van der Waals surface area (Å²) in [4.78, 5) is 20.7. The number of Topliss-reactive ketones (excluding diaryl/α,β-unsaturated/α-hetero) is 1. The van der Waals surface area contributed by atoms with Gasteiger partial charge in [0.05, 0.1) is 28.8 Å². The minimum Gasteiger partial charge on any atom is -0.299 e. The molecule has 2 rings (SSSR count). The van der Waals surface area contributed by atoms with Gasteiger partial charge in [-0.2, -0.15) is 0 Å². The number of hydrogen-bond acceptors (Lipinski definition) is 3. The van der Waals surface area contributed by atoms with Gasteiger partial charge in [0, 0.05) is 5.92 Å². The summed E-state index contributed by atoms with van der Waals surface area (Å²) in [5.74, 6) is 0.250. The monoisotopic (exact) mass is 228 g/mol. The highest BCUT2D eigenvalue weighted by Crippen LogP contribution is 2.13. The Morgan fingerprint density at radius 3 is 2.35 bits per heavy atom. The van der Waals surface area contributed by atoms with Gasteiger partial charge in [0.1, 0.15) is 5.78 Å². The topological polar surface area (TPSA) is 42.9 Å². The van der Waals surface area contributed by atoms with Crippen LogP contribution in [0.1, 0.15) is 25.2 Å². The maximum atomic E-state index is 11.7. The van der Waals surface area contributed by atoms with Crippen LogP contribution in [0.5, 0.6) is 0 Å². The molecule has 2 aromatic rings. The molecule has 3 heteroatoms. The molecule has 0 aliphatic rings. The van der Waals surface area contributed by atoms with Crippen LogP contribution in [0.3, 0.4) is 0 Å². The van der Waals surface area contributed by atoms with E-state index in [0.29, 0.717) is 6.42 Å². The van der Waals surface area contributed by atoms with Crippen molar-refractivity contribution in [2.24, 2.45) is 5.92 Å². The van der Waals surface area contributed by atoms with Crippen LogP contribution in [-0.2, 0) is 11.2 Å². The number of hydrogen-bond donors (Lipinski definition) is 0. The SMILES string of the molecule is Cc1nc2ccccc2nc1CC(=O)C(C)C. The number of carbonyl (C=O) groups excluding carboxylic acids is 1. The molecule has 0 saturated carbocycles. The van der Waals surface area contributed by atoms with Crippen LogP contribution in [0.25, 0.3) is 11.0 Å². The largest absolute Gasteiger partial charge is 0.299 e. The normalized spacial score (nSPS) is 11.1. The molecule has 0 aliphatic carbocycles. The van der Waals surface area contributed by atoms with E-state index in [1.807, 2.05) is 45.0 Å². The molecule has 3 nitrogen and oxygen atoms in total. The summed E-state index contributed by atoms with van der Waals surface area (Å²) in [7, 11) is 0. The fourth-order valence-corrected chi connectivity index (χ4v) is 1.66. The van der Waals surface area contributed by atoms with E-state index in [4.69, 9.17) is 0 Å². The second-order valence-electron chi connectivity index (χ2n) is 4.54. The van der Waals surface area contributed by atoms with Gasteiger partial charge in [-0.1, -0.05) is 26.0 Å². The first-order valence-electron chi connectivity index (χ1n) is 5.83. The lowest BCUT2D eigenvalue weighted by Gasteiger charge is -2.07. The van der Waals surface area contributed by atoms with Gasteiger partial charge in [-0.3, -0.25) is 4.79 Å². The second-order valence-corrected chi connectivity index (χ2v) is 4.54. The molecule has 0 amide bonds. The molecule has 0 bridgehead atoms. The lowest BCUT2D eigenvalue weighted by atomic mass is 10.0. The average Bonchev–Trinajstić information content (AvgIpc) is 2.29. The molecular formula is C14H16N2O. The van der Waals surface area contributed by atoms with Crippen LogP contribution in [0.15, 0.2) is 24.3 Å². The van der Waals surface area contributed by atoms with Gasteiger partial charge in [-0.05, 0) is 19.1 Å². The quantitative estimate of drug-likeness (QED) is 0.811. The maximum absolute atomic E-state index is 11.7. The number of benzene rings is 1. The smallest absolute Gasteiger partial charge is 0.141 e. The number of aromatic nitrogens is 2. The Kier molecular flexibility index (Phi) is 3.18. The zero-order valence-corrected chi connectivity index (χ0v) is 10.4. The summed E-state index contributed by atoms with van der Waals surface area (Å²) in [5, 5.41) is 0. The molecule has 1 aromatic heterocycles. The third kappa shape index (κ3) is 2.49. The van der Waals surface area contributed by atoms with Crippen molar-refractivity contribution in [3.63, 3.8) is 0 Å². The Morgan fingerprint density at radius 1 is 1.18 bits per heavy atom. The van der Waals surface area contributed by atoms with Crippen molar-refractivity contribution in [2.45, 2.75) is 27.2 Å². The van der Waals surface area contributed by atoms with Crippen LogP contribution in [0.4, 0.5) is 0 Å². The van der Waals surface area contributed by atoms with Gasteiger partial charge >= 0.3 is 0 Å². The highest BCUT2D eigenvalue weighted by molar-refractivity contribution is 5.83. The first-order chi connectivity index (χ1) is 8.08. The van der Waals surface area contributed by atoms with E-state index < -0.39 is 0 Å². The molecule has 0 unspecified atom stereocenters. The highest BCUT2D eigenvalue weighted by Gasteiger charge is 2.12. The van der Waals surface area contributed by atoms with Gasteiger partial charge in [-0.15, -0.1) is 0 Å². The summed E-state index contributed by atoms with van der Waals surface area (Å²) in [6, 6.07) is 7.73. The lowest BCUT2D eigenvalue weighted by molar-refractivity contribution is -0.121. The van der Waals surface area contributed by atoms with E-state index in [-0.39, 0.29) is 11.7 Å². The predicted molar refractivity (Wildman–Crippen MR) is 67.8 cm³/mol. The predicted octanol–water partition coefficient (Wildman–Crippen LogP) is 2.71. The molecule has 0 aliphatic heterocycles. The van der Waals surface area contributed by atoms with Gasteiger partial charge in [0.2, 0.25) is 0 Å². The van der Waals surface area contributed by atoms with Gasteiger partial charge in [0.25, 0.3) is 0 Å². The van der Waals surface area contributed by atoms with E-state index in [2.05, 4.69) is 9.97 Å². The van der Waals surface area contributed by atoms with Gasteiger partial charge in [0.15, 0.2) is 0 Å². The zero-order chi connectivity index (χ0) is 12.4.